The van der Waals surface area contributed by atoms with Crippen LogP contribution in [0.4, 0.5) is 29.3 Å². The number of aliphatic imine (C=N–C) groups is 1. The number of nitrogens with zero attached hydrogens (tertiary/aromatic N) is 2. The van der Waals surface area contributed by atoms with Crippen molar-refractivity contribution in [1.29, 1.82) is 0 Å². The molecular weight excluding hydrogens is 531 g/mol. The monoisotopic (exact) mass is 557 g/mol. The van der Waals surface area contributed by atoms with Crippen molar-refractivity contribution in [2.24, 2.45) is 4.99 Å². The first kappa shape index (κ1) is 28.1. The van der Waals surface area contributed by atoms with Gasteiger partial charge in [0.15, 0.2) is 0 Å². The molecule has 0 atom stereocenters. The van der Waals surface area contributed by atoms with Crippen LogP contribution in [-0.2, 0) is 17.5 Å². The second-order valence-electron chi connectivity index (χ2n) is 9.40. The van der Waals surface area contributed by atoms with Crippen LogP contribution in [0, 0.1) is 6.92 Å². The van der Waals surface area contributed by atoms with Crippen LogP contribution in [0.3, 0.4) is 0 Å². The lowest BCUT2D eigenvalue weighted by atomic mass is 9.95. The molecule has 1 aliphatic heterocycles. The highest BCUT2D eigenvalue weighted by Gasteiger charge is 2.33. The van der Waals surface area contributed by atoms with Gasteiger partial charge in [-0.05, 0) is 79.7 Å². The number of halogens is 4. The zero-order valence-corrected chi connectivity index (χ0v) is 22.3. The molecule has 0 aliphatic carbocycles. The Balaban J connectivity index is 1.47. The van der Waals surface area contributed by atoms with E-state index in [2.05, 4.69) is 20.9 Å². The predicted octanol–water partition coefficient (Wildman–Crippen LogP) is 5.96. The molecule has 0 bridgehead atoms. The van der Waals surface area contributed by atoms with Crippen LogP contribution in [0.5, 0.6) is 0 Å². The molecule has 0 saturated heterocycles. The number of aryl methyl sites for hydroxylation is 1. The summed E-state index contributed by atoms with van der Waals surface area (Å²) in [5.41, 5.74) is 4.18. The first-order valence-electron chi connectivity index (χ1n) is 12.1. The van der Waals surface area contributed by atoms with Crippen LogP contribution in [0.15, 0.2) is 59.6 Å². The average Bonchev–Trinajstić information content (AvgIpc) is 3.29. The molecule has 3 aromatic carbocycles. The van der Waals surface area contributed by atoms with Crippen molar-refractivity contribution in [3.8, 4) is 11.1 Å². The van der Waals surface area contributed by atoms with Crippen LogP contribution >= 0.6 is 11.6 Å². The van der Waals surface area contributed by atoms with Crippen LogP contribution in [-0.4, -0.2) is 49.7 Å². The number of urea groups is 1. The molecule has 0 unspecified atom stereocenters. The highest BCUT2D eigenvalue weighted by molar-refractivity contribution is 6.46. The molecule has 1 heterocycles. The number of carbonyl (C=O) groups is 2. The quantitative estimate of drug-likeness (QED) is 0.335. The van der Waals surface area contributed by atoms with Crippen LogP contribution in [0.1, 0.15) is 22.3 Å². The number of amides is 3. The number of benzene rings is 3. The average molecular weight is 558 g/mol. The highest BCUT2D eigenvalue weighted by atomic mass is 35.5. The van der Waals surface area contributed by atoms with E-state index in [1.165, 1.54) is 6.07 Å². The van der Waals surface area contributed by atoms with Crippen molar-refractivity contribution in [1.82, 2.24) is 10.2 Å². The fraction of sp³-hybridized carbons (Fsp3) is 0.250. The Kier molecular flexibility index (Phi) is 8.27. The van der Waals surface area contributed by atoms with E-state index in [-0.39, 0.29) is 11.6 Å². The van der Waals surface area contributed by atoms with Gasteiger partial charge in [0.1, 0.15) is 5.71 Å². The summed E-state index contributed by atoms with van der Waals surface area (Å²) in [4.78, 5) is 31.5. The number of anilines is 2. The first-order valence-corrected chi connectivity index (χ1v) is 12.5. The van der Waals surface area contributed by atoms with E-state index < -0.39 is 22.8 Å². The van der Waals surface area contributed by atoms with E-state index in [0.29, 0.717) is 24.5 Å². The molecule has 11 heteroatoms. The summed E-state index contributed by atoms with van der Waals surface area (Å²) in [6, 6.07) is 13.5. The molecule has 1 aliphatic rings. The highest BCUT2D eigenvalue weighted by Crippen LogP contribution is 2.36. The topological polar surface area (TPSA) is 85.8 Å². The van der Waals surface area contributed by atoms with Gasteiger partial charge < -0.3 is 20.9 Å². The minimum Gasteiger partial charge on any atom is -0.349 e. The molecule has 4 rings (SSSR count). The van der Waals surface area contributed by atoms with Gasteiger partial charge >= 0.3 is 12.2 Å². The third-order valence-electron chi connectivity index (χ3n) is 6.16. The Morgan fingerprint density at radius 2 is 1.67 bits per heavy atom. The minimum absolute atomic E-state index is 0.0447. The number of rotatable bonds is 7. The number of likely N-dealkylation sites (N-methyl/N-ethyl adjacent to an activating group) is 1. The van der Waals surface area contributed by atoms with Gasteiger partial charge in [-0.1, -0.05) is 29.8 Å². The van der Waals surface area contributed by atoms with Crippen molar-refractivity contribution in [3.05, 3.63) is 81.9 Å². The lowest BCUT2D eigenvalue weighted by molar-refractivity contribution is -0.137. The molecule has 39 heavy (non-hydrogen) atoms. The second kappa shape index (κ2) is 11.5. The van der Waals surface area contributed by atoms with Gasteiger partial charge in [0.2, 0.25) is 0 Å². The van der Waals surface area contributed by atoms with Crippen molar-refractivity contribution in [2.75, 3.05) is 37.8 Å². The summed E-state index contributed by atoms with van der Waals surface area (Å²) < 4.78 is 39.4. The van der Waals surface area contributed by atoms with Gasteiger partial charge in [0, 0.05) is 30.0 Å². The molecule has 3 amide bonds. The Labute approximate surface area is 229 Å². The molecule has 0 fully saturated rings. The van der Waals surface area contributed by atoms with Gasteiger partial charge in [-0.2, -0.15) is 13.2 Å². The standard InChI is InChI=1S/C28H27ClF3N5O2/c1-16-4-6-19(35-27(39)36-20-7-9-24(29)23(14-20)28(30,31)32)13-22(16)17-5-8-21-18(12-17)15-34-25(21)26(38)33-10-11-37(2)3/h4-9,12-14H,10-11,15H2,1-3H3,(H,33,38)(H2,35,36,39). The van der Waals surface area contributed by atoms with E-state index in [4.69, 9.17) is 11.6 Å². The second-order valence-corrected chi connectivity index (χ2v) is 9.80. The molecule has 204 valence electrons. The number of fused-ring (bicyclic) bond motifs is 1. The Bertz CT molecular complexity index is 1450. The Hall–Kier alpha value is -3.89. The molecule has 7 nitrogen and oxygen atoms in total. The van der Waals surface area contributed by atoms with Crippen LogP contribution < -0.4 is 16.0 Å². The summed E-state index contributed by atoms with van der Waals surface area (Å²) in [6.45, 7) is 3.56. The minimum atomic E-state index is -4.64. The summed E-state index contributed by atoms with van der Waals surface area (Å²) in [5.74, 6) is -0.209. The van der Waals surface area contributed by atoms with Crippen molar-refractivity contribution in [3.63, 3.8) is 0 Å². The molecular formula is C28H27ClF3N5O2. The van der Waals surface area contributed by atoms with E-state index in [9.17, 15) is 22.8 Å². The third-order valence-corrected chi connectivity index (χ3v) is 6.49. The number of hydrogen-bond donors (Lipinski definition) is 3. The maximum atomic E-state index is 13.1. The maximum absolute atomic E-state index is 13.1. The largest absolute Gasteiger partial charge is 0.417 e. The van der Waals surface area contributed by atoms with Gasteiger partial charge in [-0.3, -0.25) is 9.79 Å². The molecule has 3 N–H and O–H groups in total. The predicted molar refractivity (Wildman–Crippen MR) is 148 cm³/mol. The van der Waals surface area contributed by atoms with Crippen molar-refractivity contribution < 1.29 is 22.8 Å². The Morgan fingerprint density at radius 1 is 0.974 bits per heavy atom. The lowest BCUT2D eigenvalue weighted by Gasteiger charge is -2.14. The van der Waals surface area contributed by atoms with Crippen molar-refractivity contribution >= 4 is 40.6 Å². The van der Waals surface area contributed by atoms with Gasteiger partial charge in [-0.25, -0.2) is 4.79 Å². The fourth-order valence-electron chi connectivity index (χ4n) is 4.17. The van der Waals surface area contributed by atoms with Crippen molar-refractivity contribution in [2.45, 2.75) is 19.6 Å². The summed E-state index contributed by atoms with van der Waals surface area (Å²) in [6.07, 6.45) is -4.64. The number of nitrogens with one attached hydrogen (secondary N) is 3. The van der Waals surface area contributed by atoms with E-state index in [0.717, 1.165) is 46.5 Å². The van der Waals surface area contributed by atoms with Crippen LogP contribution in [0.2, 0.25) is 5.02 Å². The molecule has 0 saturated carbocycles. The van der Waals surface area contributed by atoms with E-state index in [1.54, 1.807) is 12.1 Å². The summed E-state index contributed by atoms with van der Waals surface area (Å²) in [7, 11) is 3.86. The SMILES string of the molecule is Cc1ccc(NC(=O)Nc2ccc(Cl)c(C(F)(F)F)c2)cc1-c1ccc2c(c1)CN=C2C(=O)NCCN(C)C. The number of hydrogen-bond acceptors (Lipinski definition) is 4. The van der Waals surface area contributed by atoms with E-state index in [1.807, 2.05) is 50.2 Å². The number of alkyl halides is 3. The number of carbonyl (C=O) groups excluding carboxylic acids is 2. The fourth-order valence-corrected chi connectivity index (χ4v) is 4.39. The smallest absolute Gasteiger partial charge is 0.349 e. The van der Waals surface area contributed by atoms with Gasteiger partial charge in [-0.15, -0.1) is 0 Å². The third kappa shape index (κ3) is 6.76. The molecule has 0 spiro atoms. The van der Waals surface area contributed by atoms with E-state index >= 15 is 0 Å². The first-order chi connectivity index (χ1) is 18.4. The molecule has 0 aromatic heterocycles. The maximum Gasteiger partial charge on any atom is 0.417 e. The molecule has 0 radical (unpaired) electrons. The molecule has 3 aromatic rings. The zero-order valence-electron chi connectivity index (χ0n) is 21.5. The zero-order chi connectivity index (χ0) is 28.3. The van der Waals surface area contributed by atoms with Gasteiger partial charge in [0.25, 0.3) is 5.91 Å². The van der Waals surface area contributed by atoms with Crippen LogP contribution in [0.25, 0.3) is 11.1 Å². The Morgan fingerprint density at radius 3 is 2.36 bits per heavy atom. The summed E-state index contributed by atoms with van der Waals surface area (Å²) in [5, 5.41) is 7.51. The normalized spacial score (nSPS) is 12.7. The summed E-state index contributed by atoms with van der Waals surface area (Å²) >= 11 is 5.65. The van der Waals surface area contributed by atoms with Gasteiger partial charge in [0.05, 0.1) is 17.1 Å². The lowest BCUT2D eigenvalue weighted by Crippen LogP contribution is -2.35.